The van der Waals surface area contributed by atoms with Gasteiger partial charge in [-0.2, -0.15) is 17.0 Å². The van der Waals surface area contributed by atoms with Crippen molar-refractivity contribution in [2.24, 2.45) is 0 Å². The Balaban J connectivity index is 1.66. The molecule has 0 aromatic carbocycles. The molecule has 3 rings (SSSR count). The predicted molar refractivity (Wildman–Crippen MR) is 91.5 cm³/mol. The van der Waals surface area contributed by atoms with E-state index >= 15 is 0 Å². The first kappa shape index (κ1) is 17.3. The summed E-state index contributed by atoms with van der Waals surface area (Å²) in [5.41, 5.74) is 0. The third-order valence-electron chi connectivity index (χ3n) is 4.32. The highest BCUT2D eigenvalue weighted by Gasteiger charge is 2.29. The summed E-state index contributed by atoms with van der Waals surface area (Å²) < 4.78 is 32.5. The molecule has 0 saturated carbocycles. The van der Waals surface area contributed by atoms with Crippen molar-refractivity contribution in [3.63, 3.8) is 0 Å². The van der Waals surface area contributed by atoms with Crippen LogP contribution < -0.4 is 9.80 Å². The van der Waals surface area contributed by atoms with Gasteiger partial charge < -0.3 is 14.5 Å². The van der Waals surface area contributed by atoms with Gasteiger partial charge in [0.05, 0.1) is 13.2 Å². The first-order valence-electron chi connectivity index (χ1n) is 8.06. The molecule has 10 heteroatoms. The standard InChI is InChI=1S/C14H24N6O3S/c1-17(2)24(21,22)20-5-3-18(4-6-20)13-11-14(16-12-15-13)19-7-9-23-10-8-19/h11-12H,3-10H2,1-2H3. The monoisotopic (exact) mass is 356 g/mol. The number of morpholine rings is 1. The van der Waals surface area contributed by atoms with Crippen LogP contribution in [0.15, 0.2) is 12.4 Å². The molecule has 2 aliphatic rings. The van der Waals surface area contributed by atoms with Gasteiger partial charge in [-0.3, -0.25) is 0 Å². The number of anilines is 2. The van der Waals surface area contributed by atoms with Crippen LogP contribution in [0.25, 0.3) is 0 Å². The van der Waals surface area contributed by atoms with Crippen molar-refractivity contribution < 1.29 is 13.2 Å². The first-order valence-corrected chi connectivity index (χ1v) is 9.45. The highest BCUT2D eigenvalue weighted by molar-refractivity contribution is 7.86. The molecule has 0 atom stereocenters. The summed E-state index contributed by atoms with van der Waals surface area (Å²) in [5, 5.41) is 0. The number of piperazine rings is 1. The van der Waals surface area contributed by atoms with E-state index in [1.54, 1.807) is 20.4 Å². The molecule has 0 N–H and O–H groups in total. The summed E-state index contributed by atoms with van der Waals surface area (Å²) in [7, 11) is -0.233. The first-order chi connectivity index (χ1) is 11.5. The molecule has 3 heterocycles. The van der Waals surface area contributed by atoms with E-state index in [-0.39, 0.29) is 0 Å². The third-order valence-corrected chi connectivity index (χ3v) is 6.26. The van der Waals surface area contributed by atoms with Crippen molar-refractivity contribution in [1.29, 1.82) is 0 Å². The fourth-order valence-electron chi connectivity index (χ4n) is 2.85. The van der Waals surface area contributed by atoms with Crippen LogP contribution in [-0.4, -0.2) is 93.6 Å². The predicted octanol–water partition coefficient (Wildman–Crippen LogP) is -0.758. The number of hydrogen-bond acceptors (Lipinski definition) is 7. The zero-order valence-electron chi connectivity index (χ0n) is 14.1. The highest BCUT2D eigenvalue weighted by Crippen LogP contribution is 2.20. The lowest BCUT2D eigenvalue weighted by Crippen LogP contribution is -2.52. The van der Waals surface area contributed by atoms with E-state index in [9.17, 15) is 8.42 Å². The van der Waals surface area contributed by atoms with E-state index in [4.69, 9.17) is 4.74 Å². The molecule has 1 aromatic heterocycles. The highest BCUT2D eigenvalue weighted by atomic mass is 32.2. The molecule has 0 amide bonds. The molecule has 134 valence electrons. The van der Waals surface area contributed by atoms with Gasteiger partial charge in [0.15, 0.2) is 0 Å². The van der Waals surface area contributed by atoms with Crippen LogP contribution in [0, 0.1) is 0 Å². The maximum absolute atomic E-state index is 12.2. The van der Waals surface area contributed by atoms with E-state index in [1.165, 1.54) is 8.61 Å². The molecule has 0 bridgehead atoms. The molecule has 24 heavy (non-hydrogen) atoms. The third kappa shape index (κ3) is 3.61. The molecule has 0 unspecified atom stereocenters. The molecule has 2 fully saturated rings. The van der Waals surface area contributed by atoms with Gasteiger partial charge in [0.1, 0.15) is 18.0 Å². The number of nitrogens with zero attached hydrogens (tertiary/aromatic N) is 6. The molecular weight excluding hydrogens is 332 g/mol. The fourth-order valence-corrected chi connectivity index (χ4v) is 3.94. The van der Waals surface area contributed by atoms with E-state index in [1.807, 2.05) is 6.07 Å². The summed E-state index contributed by atoms with van der Waals surface area (Å²) in [6, 6.07) is 1.97. The van der Waals surface area contributed by atoms with Gasteiger partial charge >= 0.3 is 0 Å². The minimum Gasteiger partial charge on any atom is -0.378 e. The van der Waals surface area contributed by atoms with Crippen LogP contribution in [0.3, 0.4) is 0 Å². The van der Waals surface area contributed by atoms with E-state index in [0.29, 0.717) is 39.4 Å². The Morgan fingerprint density at radius 2 is 1.50 bits per heavy atom. The van der Waals surface area contributed by atoms with Crippen LogP contribution in [-0.2, 0) is 14.9 Å². The number of aromatic nitrogens is 2. The maximum atomic E-state index is 12.2. The molecule has 1 aromatic rings. The quantitative estimate of drug-likeness (QED) is 0.701. The zero-order chi connectivity index (χ0) is 17.2. The van der Waals surface area contributed by atoms with Crippen LogP contribution in [0.2, 0.25) is 0 Å². The summed E-state index contributed by atoms with van der Waals surface area (Å²) in [4.78, 5) is 13.0. The average molecular weight is 356 g/mol. The lowest BCUT2D eigenvalue weighted by Gasteiger charge is -2.36. The van der Waals surface area contributed by atoms with Gasteiger partial charge in [0.2, 0.25) is 0 Å². The van der Waals surface area contributed by atoms with E-state index in [2.05, 4.69) is 19.8 Å². The SMILES string of the molecule is CN(C)S(=O)(=O)N1CCN(c2cc(N3CCOCC3)ncn2)CC1. The minimum absolute atomic E-state index is 0.456. The second-order valence-electron chi connectivity index (χ2n) is 6.01. The molecule has 2 saturated heterocycles. The van der Waals surface area contributed by atoms with Crippen molar-refractivity contribution in [2.45, 2.75) is 0 Å². The van der Waals surface area contributed by atoms with Gasteiger partial charge in [-0.05, 0) is 0 Å². The van der Waals surface area contributed by atoms with Crippen molar-refractivity contribution in [2.75, 3.05) is 76.4 Å². The maximum Gasteiger partial charge on any atom is 0.281 e. The molecular formula is C14H24N6O3S. The van der Waals surface area contributed by atoms with Crippen molar-refractivity contribution >= 4 is 21.8 Å². The van der Waals surface area contributed by atoms with Crippen molar-refractivity contribution in [1.82, 2.24) is 18.6 Å². The number of ether oxygens (including phenoxy) is 1. The smallest absolute Gasteiger partial charge is 0.281 e. The van der Waals surface area contributed by atoms with E-state index < -0.39 is 10.2 Å². The largest absolute Gasteiger partial charge is 0.378 e. The Labute approximate surface area is 143 Å². The topological polar surface area (TPSA) is 82.1 Å². The molecule has 2 aliphatic heterocycles. The molecule has 0 spiro atoms. The summed E-state index contributed by atoms with van der Waals surface area (Å²) >= 11 is 0. The fraction of sp³-hybridized carbons (Fsp3) is 0.714. The Hall–Kier alpha value is -1.49. The summed E-state index contributed by atoms with van der Waals surface area (Å²) in [5.74, 6) is 1.74. The second-order valence-corrected chi connectivity index (χ2v) is 8.15. The summed E-state index contributed by atoms with van der Waals surface area (Å²) in [6.45, 7) is 5.21. The van der Waals surface area contributed by atoms with Crippen LogP contribution in [0.4, 0.5) is 11.6 Å². The average Bonchev–Trinajstić information content (AvgIpc) is 2.62. The van der Waals surface area contributed by atoms with Gasteiger partial charge in [0.25, 0.3) is 10.2 Å². The molecule has 0 aliphatic carbocycles. The lowest BCUT2D eigenvalue weighted by atomic mass is 10.3. The Bertz CT molecular complexity index is 654. The van der Waals surface area contributed by atoms with Crippen LogP contribution >= 0.6 is 0 Å². The lowest BCUT2D eigenvalue weighted by molar-refractivity contribution is 0.122. The number of hydrogen-bond donors (Lipinski definition) is 0. The van der Waals surface area contributed by atoms with Gasteiger partial charge in [-0.25, -0.2) is 9.97 Å². The van der Waals surface area contributed by atoms with Crippen molar-refractivity contribution in [3.8, 4) is 0 Å². The van der Waals surface area contributed by atoms with Gasteiger partial charge in [0, 0.05) is 59.4 Å². The molecule has 9 nitrogen and oxygen atoms in total. The number of rotatable bonds is 4. The minimum atomic E-state index is -3.35. The van der Waals surface area contributed by atoms with Gasteiger partial charge in [-0.1, -0.05) is 0 Å². The Morgan fingerprint density at radius 1 is 0.958 bits per heavy atom. The Morgan fingerprint density at radius 3 is 2.04 bits per heavy atom. The summed E-state index contributed by atoms with van der Waals surface area (Å²) in [6.07, 6.45) is 1.57. The molecule has 0 radical (unpaired) electrons. The van der Waals surface area contributed by atoms with Gasteiger partial charge in [-0.15, -0.1) is 0 Å². The van der Waals surface area contributed by atoms with Crippen LogP contribution in [0.5, 0.6) is 0 Å². The van der Waals surface area contributed by atoms with Crippen molar-refractivity contribution in [3.05, 3.63) is 12.4 Å². The second kappa shape index (κ2) is 7.18. The van der Waals surface area contributed by atoms with Crippen LogP contribution in [0.1, 0.15) is 0 Å². The van der Waals surface area contributed by atoms with E-state index in [0.717, 1.165) is 24.7 Å². The Kier molecular flexibility index (Phi) is 5.18. The normalized spacial score (nSPS) is 20.6. The zero-order valence-corrected chi connectivity index (χ0v) is 14.9.